The number of hydrogen-bond acceptors (Lipinski definition) is 5. The van der Waals surface area contributed by atoms with Crippen molar-refractivity contribution in [3.05, 3.63) is 89.7 Å². The summed E-state index contributed by atoms with van der Waals surface area (Å²) in [5, 5.41) is 15.5. The lowest BCUT2D eigenvalue weighted by Crippen LogP contribution is -2.48. The van der Waals surface area contributed by atoms with Crippen LogP contribution in [0.2, 0.25) is 0 Å². The van der Waals surface area contributed by atoms with E-state index in [4.69, 9.17) is 4.74 Å². The number of carbonyl (C=O) groups excluding carboxylic acids is 3. The molecule has 0 aliphatic carbocycles. The zero-order chi connectivity index (χ0) is 30.2. The molecular formula is C32H37FN4O5. The molecule has 0 radical (unpaired) electrons. The van der Waals surface area contributed by atoms with Crippen molar-refractivity contribution >= 4 is 29.2 Å². The van der Waals surface area contributed by atoms with Crippen molar-refractivity contribution in [3.63, 3.8) is 0 Å². The molecule has 1 aliphatic heterocycles. The van der Waals surface area contributed by atoms with Crippen molar-refractivity contribution < 1.29 is 28.6 Å². The Morgan fingerprint density at radius 1 is 1.07 bits per heavy atom. The van der Waals surface area contributed by atoms with Gasteiger partial charge in [0.25, 0.3) is 0 Å². The van der Waals surface area contributed by atoms with Gasteiger partial charge in [0.1, 0.15) is 17.7 Å². The predicted molar refractivity (Wildman–Crippen MR) is 159 cm³/mol. The Hall–Kier alpha value is -4.44. The highest BCUT2D eigenvalue weighted by Crippen LogP contribution is 2.29. The summed E-state index contributed by atoms with van der Waals surface area (Å²) in [5.41, 5.74) is 2.46. The molecule has 9 nitrogen and oxygen atoms in total. The molecule has 4 rings (SSSR count). The van der Waals surface area contributed by atoms with Crippen LogP contribution in [0.25, 0.3) is 0 Å². The van der Waals surface area contributed by atoms with Crippen LogP contribution in [0.15, 0.2) is 72.8 Å². The number of halogens is 1. The Morgan fingerprint density at radius 2 is 1.76 bits per heavy atom. The summed E-state index contributed by atoms with van der Waals surface area (Å²) in [4.78, 5) is 42.2. The molecule has 3 aromatic carbocycles. The zero-order valence-corrected chi connectivity index (χ0v) is 24.0. The number of ether oxygens (including phenoxy) is 1. The first-order valence-corrected chi connectivity index (χ1v) is 13.9. The second-order valence-corrected chi connectivity index (χ2v) is 10.7. The van der Waals surface area contributed by atoms with E-state index in [0.29, 0.717) is 29.2 Å². The first-order valence-electron chi connectivity index (χ1n) is 13.9. The van der Waals surface area contributed by atoms with Gasteiger partial charge in [-0.25, -0.2) is 9.18 Å². The van der Waals surface area contributed by atoms with Gasteiger partial charge in [0, 0.05) is 36.4 Å². The smallest absolute Gasteiger partial charge is 0.321 e. The molecule has 0 saturated heterocycles. The predicted octanol–water partition coefficient (Wildman–Crippen LogP) is 4.32. The lowest BCUT2D eigenvalue weighted by molar-refractivity contribution is -0.134. The van der Waals surface area contributed by atoms with E-state index < -0.39 is 24.0 Å². The van der Waals surface area contributed by atoms with Crippen LogP contribution in [0.3, 0.4) is 0 Å². The summed E-state index contributed by atoms with van der Waals surface area (Å²) >= 11 is 0. The second kappa shape index (κ2) is 14.0. The number of nitrogens with zero attached hydrogens (tertiary/aromatic N) is 2. The normalized spacial score (nSPS) is 17.5. The lowest BCUT2D eigenvalue weighted by Gasteiger charge is -2.34. The molecule has 3 atom stereocenters. The summed E-state index contributed by atoms with van der Waals surface area (Å²) in [5.74, 6) is -0.494. The topological polar surface area (TPSA) is 111 Å². The van der Waals surface area contributed by atoms with E-state index >= 15 is 0 Å². The number of carbonyl (C=O) groups is 3. The molecule has 42 heavy (non-hydrogen) atoms. The highest BCUT2D eigenvalue weighted by molar-refractivity contribution is 5.93. The van der Waals surface area contributed by atoms with Crippen LogP contribution < -0.4 is 15.4 Å². The average molecular weight is 577 g/mol. The molecule has 4 amide bonds. The molecule has 3 N–H and O–H groups in total. The van der Waals surface area contributed by atoms with Crippen molar-refractivity contribution in [2.24, 2.45) is 5.92 Å². The average Bonchev–Trinajstić information content (AvgIpc) is 3.01. The second-order valence-electron chi connectivity index (χ2n) is 10.7. The third-order valence-electron chi connectivity index (χ3n) is 7.30. The highest BCUT2D eigenvalue weighted by atomic mass is 19.1. The molecule has 10 heteroatoms. The largest absolute Gasteiger partial charge is 0.488 e. The molecule has 0 saturated carbocycles. The minimum Gasteiger partial charge on any atom is -0.488 e. The minimum atomic E-state index is -0.509. The van der Waals surface area contributed by atoms with Crippen molar-refractivity contribution in [3.8, 4) is 5.75 Å². The number of aliphatic hydroxyl groups is 1. The van der Waals surface area contributed by atoms with Gasteiger partial charge in [-0.2, -0.15) is 0 Å². The summed E-state index contributed by atoms with van der Waals surface area (Å²) in [6.07, 6.45) is -0.283. The molecule has 0 spiro atoms. The number of hydrogen-bond donors (Lipinski definition) is 3. The van der Waals surface area contributed by atoms with Crippen molar-refractivity contribution in [2.45, 2.75) is 38.8 Å². The van der Waals surface area contributed by atoms with E-state index in [1.165, 1.54) is 29.2 Å². The molecule has 1 aliphatic rings. The summed E-state index contributed by atoms with van der Waals surface area (Å²) in [7, 11) is 1.63. The van der Waals surface area contributed by atoms with Crippen LogP contribution in [-0.4, -0.2) is 71.6 Å². The van der Waals surface area contributed by atoms with E-state index in [1.54, 1.807) is 37.1 Å². The van der Waals surface area contributed by atoms with Gasteiger partial charge in [-0.3, -0.25) is 9.59 Å². The number of amides is 4. The Morgan fingerprint density at radius 3 is 2.45 bits per heavy atom. The summed E-state index contributed by atoms with van der Waals surface area (Å²) in [6.45, 7) is 4.02. The molecule has 0 unspecified atom stereocenters. The molecule has 1 heterocycles. The van der Waals surface area contributed by atoms with Crippen molar-refractivity contribution in [2.75, 3.05) is 37.4 Å². The van der Waals surface area contributed by atoms with E-state index in [-0.39, 0.29) is 43.7 Å². The third-order valence-corrected chi connectivity index (χ3v) is 7.30. The first kappa shape index (κ1) is 30.5. The Bertz CT molecular complexity index is 1390. The van der Waals surface area contributed by atoms with Gasteiger partial charge in [0.2, 0.25) is 11.8 Å². The fourth-order valence-electron chi connectivity index (χ4n) is 4.82. The van der Waals surface area contributed by atoms with Gasteiger partial charge in [0.05, 0.1) is 32.0 Å². The van der Waals surface area contributed by atoms with Crippen molar-refractivity contribution in [1.29, 1.82) is 0 Å². The van der Waals surface area contributed by atoms with Gasteiger partial charge < -0.3 is 30.3 Å². The number of anilines is 2. The summed E-state index contributed by atoms with van der Waals surface area (Å²) < 4.78 is 19.7. The Balaban J connectivity index is 1.55. The minimum absolute atomic E-state index is 0.0163. The Kier molecular flexibility index (Phi) is 10.1. The van der Waals surface area contributed by atoms with E-state index in [2.05, 4.69) is 10.6 Å². The third kappa shape index (κ3) is 8.07. The van der Waals surface area contributed by atoms with Crippen LogP contribution >= 0.6 is 0 Å². The highest BCUT2D eigenvalue weighted by Gasteiger charge is 2.32. The number of aliphatic hydroxyl groups excluding tert-OH is 1. The number of urea groups is 1. The Labute approximate surface area is 245 Å². The molecule has 222 valence electrons. The molecule has 0 bridgehead atoms. The molecule has 0 aromatic heterocycles. The van der Waals surface area contributed by atoms with Gasteiger partial charge in [0.15, 0.2) is 0 Å². The zero-order valence-electron chi connectivity index (χ0n) is 24.0. The molecular weight excluding hydrogens is 539 g/mol. The van der Waals surface area contributed by atoms with Crippen LogP contribution in [0.5, 0.6) is 5.75 Å². The van der Waals surface area contributed by atoms with Gasteiger partial charge in [-0.15, -0.1) is 0 Å². The van der Waals surface area contributed by atoms with Crippen LogP contribution in [-0.2, 0) is 22.4 Å². The molecule has 0 fully saturated rings. The maximum atomic E-state index is 13.4. The van der Waals surface area contributed by atoms with Gasteiger partial charge in [-0.1, -0.05) is 37.3 Å². The number of nitrogens with one attached hydrogen (secondary N) is 2. The molecule has 3 aromatic rings. The SMILES string of the molecule is C[C@H]1CN([C@@H](C)CO)C(=O)Cc2cc(NC(=O)Cc3ccccc3)ccc2O[C@H]1CN(C)C(=O)Nc1ccc(F)cc1. The fourth-order valence-corrected chi connectivity index (χ4v) is 4.82. The quantitative estimate of drug-likeness (QED) is 0.370. The number of likely N-dealkylation sites (N-methyl/N-ethyl adjacent to an activating group) is 1. The maximum Gasteiger partial charge on any atom is 0.321 e. The maximum absolute atomic E-state index is 13.4. The van der Waals surface area contributed by atoms with Gasteiger partial charge in [-0.05, 0) is 55.0 Å². The van der Waals surface area contributed by atoms with E-state index in [1.807, 2.05) is 37.3 Å². The fraction of sp³-hybridized carbons (Fsp3) is 0.344. The van der Waals surface area contributed by atoms with Gasteiger partial charge >= 0.3 is 6.03 Å². The number of rotatable bonds is 8. The van der Waals surface area contributed by atoms with Crippen LogP contribution in [0.1, 0.15) is 25.0 Å². The van der Waals surface area contributed by atoms with Crippen LogP contribution in [0, 0.1) is 11.7 Å². The monoisotopic (exact) mass is 576 g/mol. The van der Waals surface area contributed by atoms with Crippen LogP contribution in [0.4, 0.5) is 20.6 Å². The lowest BCUT2D eigenvalue weighted by atomic mass is 10.0. The van der Waals surface area contributed by atoms with E-state index in [9.17, 15) is 23.9 Å². The number of benzene rings is 3. The number of fused-ring (bicyclic) bond motifs is 1. The standard InChI is InChI=1S/C32H37FN4O5/c1-21-18-37(22(2)20-38)31(40)17-24-16-27(34-30(39)15-23-7-5-4-6-8-23)13-14-28(24)42-29(21)19-36(3)32(41)35-26-11-9-25(33)10-12-26/h4-14,16,21-22,29,38H,15,17-20H2,1-3H3,(H,34,39)(H,35,41)/t21-,22-,29-/m0/s1. The summed E-state index contributed by atoms with van der Waals surface area (Å²) in [6, 6.07) is 19.3. The first-order chi connectivity index (χ1) is 20.1. The van der Waals surface area contributed by atoms with Crippen molar-refractivity contribution in [1.82, 2.24) is 9.80 Å². The van der Waals surface area contributed by atoms with E-state index in [0.717, 1.165) is 5.56 Å².